The summed E-state index contributed by atoms with van der Waals surface area (Å²) in [4.78, 5) is 28.0. The fraction of sp³-hybridized carbons (Fsp3) is 0.241. The number of ketones is 1. The van der Waals surface area contributed by atoms with Gasteiger partial charge in [0, 0.05) is 22.4 Å². The van der Waals surface area contributed by atoms with Crippen LogP contribution >= 0.6 is 0 Å². The van der Waals surface area contributed by atoms with Crippen LogP contribution in [0.5, 0.6) is 11.5 Å². The van der Waals surface area contributed by atoms with Gasteiger partial charge in [0.25, 0.3) is 11.7 Å². The minimum Gasteiger partial charge on any atom is -0.507 e. The van der Waals surface area contributed by atoms with Crippen molar-refractivity contribution < 1.29 is 28.6 Å². The van der Waals surface area contributed by atoms with Crippen molar-refractivity contribution in [2.45, 2.75) is 32.2 Å². The Hall–Kier alpha value is -4.13. The van der Waals surface area contributed by atoms with E-state index in [1.54, 1.807) is 49.6 Å². The number of hydrogen-bond acceptors (Lipinski definition) is 5. The van der Waals surface area contributed by atoms with Gasteiger partial charge in [-0.25, -0.2) is 4.39 Å². The average Bonchev–Trinajstić information content (AvgIpc) is 3.13. The van der Waals surface area contributed by atoms with Crippen LogP contribution in [0.4, 0.5) is 10.1 Å². The molecule has 1 aliphatic rings. The Kier molecular flexibility index (Phi) is 6.59. The van der Waals surface area contributed by atoms with Crippen LogP contribution in [-0.4, -0.2) is 31.0 Å². The molecule has 3 aromatic rings. The summed E-state index contributed by atoms with van der Waals surface area (Å²) < 4.78 is 24.7. The molecular weight excluding hydrogens is 461 g/mol. The second-order valence-corrected chi connectivity index (χ2v) is 9.55. The minimum atomic E-state index is -0.994. The van der Waals surface area contributed by atoms with Crippen molar-refractivity contribution in [2.24, 2.45) is 0 Å². The summed E-state index contributed by atoms with van der Waals surface area (Å²) in [6.45, 7) is 6.03. The first-order valence-corrected chi connectivity index (χ1v) is 11.5. The first-order chi connectivity index (χ1) is 17.1. The number of halogens is 1. The highest BCUT2D eigenvalue weighted by Gasteiger charge is 2.48. The zero-order valence-electron chi connectivity index (χ0n) is 20.8. The second-order valence-electron chi connectivity index (χ2n) is 9.55. The number of aliphatic hydroxyl groups excluding tert-OH is 1. The number of rotatable bonds is 5. The molecule has 0 bridgehead atoms. The molecule has 1 atom stereocenters. The van der Waals surface area contributed by atoms with E-state index >= 15 is 0 Å². The lowest BCUT2D eigenvalue weighted by molar-refractivity contribution is -0.132. The van der Waals surface area contributed by atoms with Crippen LogP contribution in [0.25, 0.3) is 5.76 Å². The number of para-hydroxylation sites is 1. The first-order valence-electron chi connectivity index (χ1n) is 11.5. The molecule has 7 heteroatoms. The van der Waals surface area contributed by atoms with Gasteiger partial charge in [-0.15, -0.1) is 0 Å². The summed E-state index contributed by atoms with van der Waals surface area (Å²) in [5.74, 6) is -1.39. The lowest BCUT2D eigenvalue weighted by Gasteiger charge is -2.27. The molecule has 186 valence electrons. The quantitative estimate of drug-likeness (QED) is 0.280. The Labute approximate surface area is 209 Å². The van der Waals surface area contributed by atoms with Gasteiger partial charge in [-0.2, -0.15) is 0 Å². The molecule has 0 aromatic heterocycles. The van der Waals surface area contributed by atoms with Crippen LogP contribution in [0.2, 0.25) is 0 Å². The molecule has 0 aliphatic carbocycles. The van der Waals surface area contributed by atoms with Crippen LogP contribution in [0.1, 0.15) is 43.5 Å². The summed E-state index contributed by atoms with van der Waals surface area (Å²) in [7, 11) is 3.06. The predicted octanol–water partition coefficient (Wildman–Crippen LogP) is 5.77. The SMILES string of the molecule is COc1ccccc1C1/C(=C(\O)c2ccc(OC)c(C(C)(C)C)c2)C(=O)C(=O)N1c1ccc(F)cc1. The molecule has 1 amide bonds. The molecule has 1 fully saturated rings. The van der Waals surface area contributed by atoms with E-state index in [1.807, 2.05) is 20.8 Å². The maximum Gasteiger partial charge on any atom is 0.300 e. The van der Waals surface area contributed by atoms with Gasteiger partial charge in [0.1, 0.15) is 23.1 Å². The molecule has 4 rings (SSSR count). The summed E-state index contributed by atoms with van der Waals surface area (Å²) in [6, 6.07) is 16.4. The van der Waals surface area contributed by atoms with Crippen LogP contribution in [-0.2, 0) is 15.0 Å². The van der Waals surface area contributed by atoms with Gasteiger partial charge in [0.2, 0.25) is 0 Å². The summed E-state index contributed by atoms with van der Waals surface area (Å²) in [5, 5.41) is 11.5. The van der Waals surface area contributed by atoms with Gasteiger partial charge in [-0.3, -0.25) is 14.5 Å². The average molecular weight is 490 g/mol. The molecule has 0 spiro atoms. The Balaban J connectivity index is 1.99. The highest BCUT2D eigenvalue weighted by Crippen LogP contribution is 2.45. The normalized spacial score (nSPS) is 17.4. The maximum atomic E-state index is 13.7. The number of anilines is 1. The van der Waals surface area contributed by atoms with E-state index in [1.165, 1.54) is 36.3 Å². The van der Waals surface area contributed by atoms with E-state index in [2.05, 4.69) is 0 Å². The number of nitrogens with zero attached hydrogens (tertiary/aromatic N) is 1. The Morgan fingerprint density at radius 3 is 2.17 bits per heavy atom. The van der Waals surface area contributed by atoms with E-state index in [4.69, 9.17) is 9.47 Å². The molecule has 36 heavy (non-hydrogen) atoms. The zero-order chi connectivity index (χ0) is 26.2. The van der Waals surface area contributed by atoms with Crippen molar-refractivity contribution in [3.8, 4) is 11.5 Å². The number of hydrogen-bond donors (Lipinski definition) is 1. The third-order valence-corrected chi connectivity index (χ3v) is 6.26. The van der Waals surface area contributed by atoms with Crippen molar-refractivity contribution in [1.82, 2.24) is 0 Å². The molecule has 6 nitrogen and oxygen atoms in total. The second kappa shape index (κ2) is 9.49. The number of aliphatic hydroxyl groups is 1. The van der Waals surface area contributed by atoms with E-state index < -0.39 is 23.5 Å². The van der Waals surface area contributed by atoms with Gasteiger partial charge in [-0.1, -0.05) is 39.0 Å². The Bertz CT molecular complexity index is 1350. The van der Waals surface area contributed by atoms with Gasteiger partial charge in [0.05, 0.1) is 25.8 Å². The van der Waals surface area contributed by atoms with Crippen LogP contribution in [0, 0.1) is 5.82 Å². The molecule has 1 heterocycles. The fourth-order valence-electron chi connectivity index (χ4n) is 4.48. The topological polar surface area (TPSA) is 76.1 Å². The molecule has 0 radical (unpaired) electrons. The molecule has 1 saturated heterocycles. The maximum absolute atomic E-state index is 13.7. The number of methoxy groups -OCH3 is 2. The number of Topliss-reactive ketones (excluding diaryl/α,β-unsaturated/α-hetero) is 1. The third kappa shape index (κ3) is 4.33. The summed E-state index contributed by atoms with van der Waals surface area (Å²) >= 11 is 0. The van der Waals surface area contributed by atoms with Crippen LogP contribution < -0.4 is 14.4 Å². The van der Waals surface area contributed by atoms with Crippen molar-refractivity contribution >= 4 is 23.1 Å². The zero-order valence-corrected chi connectivity index (χ0v) is 20.8. The molecule has 0 saturated carbocycles. The number of ether oxygens (including phenoxy) is 2. The van der Waals surface area contributed by atoms with Gasteiger partial charge < -0.3 is 14.6 Å². The molecular formula is C29H28FNO5. The fourth-order valence-corrected chi connectivity index (χ4v) is 4.48. The van der Waals surface area contributed by atoms with Crippen molar-refractivity contribution in [3.63, 3.8) is 0 Å². The van der Waals surface area contributed by atoms with E-state index in [9.17, 15) is 19.1 Å². The number of carbonyl (C=O) groups is 2. The summed E-state index contributed by atoms with van der Waals surface area (Å²) in [5.41, 5.74) is 1.63. The number of benzene rings is 3. The van der Waals surface area contributed by atoms with Gasteiger partial charge in [-0.05, 0) is 53.9 Å². The van der Waals surface area contributed by atoms with Crippen molar-refractivity contribution in [1.29, 1.82) is 0 Å². The Morgan fingerprint density at radius 1 is 0.917 bits per heavy atom. The van der Waals surface area contributed by atoms with E-state index in [0.29, 0.717) is 28.3 Å². The smallest absolute Gasteiger partial charge is 0.300 e. The van der Waals surface area contributed by atoms with E-state index in [-0.39, 0.29) is 16.7 Å². The summed E-state index contributed by atoms with van der Waals surface area (Å²) in [6.07, 6.45) is 0. The highest BCUT2D eigenvalue weighted by atomic mass is 19.1. The number of amides is 1. The predicted molar refractivity (Wildman–Crippen MR) is 136 cm³/mol. The number of carbonyl (C=O) groups excluding carboxylic acids is 2. The molecule has 1 aliphatic heterocycles. The first kappa shape index (κ1) is 25.0. The largest absolute Gasteiger partial charge is 0.507 e. The molecule has 1 unspecified atom stereocenters. The lowest BCUT2D eigenvalue weighted by Crippen LogP contribution is -2.29. The minimum absolute atomic E-state index is 0.0844. The van der Waals surface area contributed by atoms with E-state index in [0.717, 1.165) is 5.56 Å². The highest BCUT2D eigenvalue weighted by molar-refractivity contribution is 6.51. The molecule has 1 N–H and O–H groups in total. The Morgan fingerprint density at radius 2 is 1.56 bits per heavy atom. The van der Waals surface area contributed by atoms with Gasteiger partial charge in [0.15, 0.2) is 0 Å². The monoisotopic (exact) mass is 489 g/mol. The van der Waals surface area contributed by atoms with Crippen LogP contribution in [0.3, 0.4) is 0 Å². The van der Waals surface area contributed by atoms with Crippen LogP contribution in [0.15, 0.2) is 72.3 Å². The third-order valence-electron chi connectivity index (χ3n) is 6.26. The van der Waals surface area contributed by atoms with Gasteiger partial charge >= 0.3 is 0 Å². The molecule has 3 aromatic carbocycles. The lowest BCUT2D eigenvalue weighted by atomic mass is 9.84. The van der Waals surface area contributed by atoms with Crippen molar-refractivity contribution in [2.75, 3.05) is 19.1 Å². The standard InChI is InChI=1S/C29H28FNO5/c1-29(2,3)21-16-17(10-15-23(21)36-5)26(32)24-25(20-8-6-7-9-22(20)35-4)31(28(34)27(24)33)19-13-11-18(30)12-14-19/h6-16,25,32H,1-5H3/b26-24+. The van der Waals surface area contributed by atoms with Crippen molar-refractivity contribution in [3.05, 3.63) is 94.8 Å².